The van der Waals surface area contributed by atoms with Gasteiger partial charge in [-0.1, -0.05) is 72.8 Å². The van der Waals surface area contributed by atoms with Crippen molar-refractivity contribution < 1.29 is 83.4 Å². The van der Waals surface area contributed by atoms with E-state index in [0.29, 0.717) is 6.07 Å². The second kappa shape index (κ2) is 17.1. The lowest BCUT2D eigenvalue weighted by molar-refractivity contribution is 0.316. The molecule has 1 atom stereocenters. The number of benzene rings is 7. The van der Waals surface area contributed by atoms with Gasteiger partial charge in [-0.05, 0) is 57.6 Å². The molecule has 0 saturated heterocycles. The minimum absolute atomic E-state index is 0.0553. The highest BCUT2D eigenvalue weighted by atomic mass is 19.2. The van der Waals surface area contributed by atoms with Crippen molar-refractivity contribution >= 4 is 28.4 Å². The number of fused-ring (bicyclic) bond motifs is 3. The van der Waals surface area contributed by atoms with Gasteiger partial charge in [0.2, 0.25) is 17.5 Å². The van der Waals surface area contributed by atoms with Crippen LogP contribution in [0, 0.1) is 87.3 Å². The largest absolute Gasteiger partial charge is 0.303 e. The van der Waals surface area contributed by atoms with Gasteiger partial charge in [0.15, 0.2) is 81.5 Å². The molecule has 0 fully saturated rings. The average molecular weight is 997 g/mol. The van der Waals surface area contributed by atoms with E-state index in [1.165, 1.54) is 60.7 Å². The van der Waals surface area contributed by atoms with Gasteiger partial charge in [0.25, 0.3) is 0 Å². The molecule has 0 aliphatic heterocycles. The summed E-state index contributed by atoms with van der Waals surface area (Å²) in [7, 11) is 0. The molecule has 0 saturated carbocycles. The van der Waals surface area contributed by atoms with Gasteiger partial charge in [0.1, 0.15) is 29.1 Å². The van der Waals surface area contributed by atoms with Gasteiger partial charge in [-0.25, -0.2) is 83.4 Å². The second-order valence-corrected chi connectivity index (χ2v) is 15.5. The van der Waals surface area contributed by atoms with Crippen LogP contribution in [0.2, 0.25) is 0 Å². The summed E-state index contributed by atoms with van der Waals surface area (Å²) < 4.78 is 290. The summed E-state index contributed by atoms with van der Waals surface area (Å²) in [6.07, 6.45) is -4.76. The Morgan fingerprint density at radius 1 is 0.357 bits per heavy atom. The molecular formula is C49H19F19N2. The zero-order chi connectivity index (χ0) is 50.6. The topological polar surface area (TPSA) is 6.48 Å². The van der Waals surface area contributed by atoms with Crippen LogP contribution in [-0.2, 0) is 5.41 Å². The van der Waals surface area contributed by atoms with E-state index in [4.69, 9.17) is 0 Å². The summed E-state index contributed by atoms with van der Waals surface area (Å²) in [5, 5.41) is 0. The third-order valence-electron chi connectivity index (χ3n) is 11.8. The van der Waals surface area contributed by atoms with Gasteiger partial charge in [-0.15, -0.1) is 0 Å². The molecule has 7 aromatic rings. The van der Waals surface area contributed by atoms with Gasteiger partial charge in [0.05, 0.1) is 11.1 Å². The van der Waals surface area contributed by atoms with E-state index in [1.54, 1.807) is 0 Å². The van der Waals surface area contributed by atoms with E-state index in [-0.39, 0.29) is 38.3 Å². The highest BCUT2D eigenvalue weighted by molar-refractivity contribution is 5.91. The van der Waals surface area contributed by atoms with Crippen LogP contribution < -0.4 is 9.80 Å². The molecule has 2 aliphatic rings. The number of anilines is 5. The molecule has 0 radical (unpaired) electrons. The van der Waals surface area contributed by atoms with Crippen molar-refractivity contribution in [2.24, 2.45) is 0 Å². The number of hydrogen-bond acceptors (Lipinski definition) is 2. The zero-order valence-electron chi connectivity index (χ0n) is 34.1. The van der Waals surface area contributed by atoms with Crippen molar-refractivity contribution in [3.63, 3.8) is 0 Å². The lowest BCUT2D eigenvalue weighted by Crippen LogP contribution is -2.31. The fourth-order valence-corrected chi connectivity index (χ4v) is 8.82. The molecule has 0 N–H and O–H groups in total. The average Bonchev–Trinajstić information content (AvgIpc) is 3.65. The smallest absolute Gasteiger partial charge is 0.200 e. The highest BCUT2D eigenvalue weighted by Crippen LogP contribution is 2.59. The predicted molar refractivity (Wildman–Crippen MR) is 213 cm³/mol. The molecule has 0 heterocycles. The lowest BCUT2D eigenvalue weighted by Gasteiger charge is -2.36. The Hall–Kier alpha value is -7.71. The molecule has 0 bridgehead atoms. The Bertz CT molecular complexity index is 3230. The Morgan fingerprint density at radius 3 is 1.03 bits per heavy atom. The van der Waals surface area contributed by atoms with Crippen LogP contribution in [0.4, 0.5) is 112 Å². The number of halogens is 19. The summed E-state index contributed by atoms with van der Waals surface area (Å²) in [5.41, 5.74) is -13.1. The standard InChI is InChI=1S/C49H19F19N2/c50-26-17-27(51)45(38(62)28(26)52)69(46-39(63)32(56)29(53)33(57)40(46)64)20-11-13-22-23-14-12-21(16-25(23)49(24(22)15-20,18-7-3-1-4-8-18)19-9-5-2-6-10-19)70(47-41(65)34(58)30(54)35(59)42(47)66)48-43(67)36(60)31(55)37(61)44(48)68/h1-16,27H,17H2. The summed E-state index contributed by atoms with van der Waals surface area (Å²) >= 11 is 0. The Balaban J connectivity index is 1.42. The van der Waals surface area contributed by atoms with Gasteiger partial charge in [-0.2, -0.15) is 0 Å². The predicted octanol–water partition coefficient (Wildman–Crippen LogP) is 15.8. The molecule has 9 rings (SSSR count). The van der Waals surface area contributed by atoms with Crippen LogP contribution in [-0.4, -0.2) is 6.17 Å². The first-order valence-electron chi connectivity index (χ1n) is 19.8. The molecular weight excluding hydrogens is 978 g/mol. The van der Waals surface area contributed by atoms with Crippen LogP contribution in [0.15, 0.2) is 120 Å². The molecule has 0 amide bonds. The van der Waals surface area contributed by atoms with Crippen molar-refractivity contribution in [2.45, 2.75) is 18.0 Å². The van der Waals surface area contributed by atoms with Gasteiger partial charge >= 0.3 is 0 Å². The van der Waals surface area contributed by atoms with E-state index in [0.717, 1.165) is 30.3 Å². The molecule has 0 aromatic heterocycles. The van der Waals surface area contributed by atoms with E-state index in [9.17, 15) is 35.1 Å². The third-order valence-corrected chi connectivity index (χ3v) is 11.8. The second-order valence-electron chi connectivity index (χ2n) is 15.5. The van der Waals surface area contributed by atoms with Gasteiger partial charge in [-0.3, -0.25) is 4.90 Å². The first-order chi connectivity index (χ1) is 33.2. The van der Waals surface area contributed by atoms with E-state index < -0.39 is 162 Å². The van der Waals surface area contributed by atoms with E-state index in [1.807, 2.05) is 0 Å². The van der Waals surface area contributed by atoms with Crippen molar-refractivity contribution in [2.75, 3.05) is 9.80 Å². The molecule has 7 aromatic carbocycles. The van der Waals surface area contributed by atoms with Crippen LogP contribution in [0.1, 0.15) is 28.7 Å². The number of nitrogens with zero attached hydrogens (tertiary/aromatic N) is 2. The Morgan fingerprint density at radius 2 is 0.671 bits per heavy atom. The summed E-state index contributed by atoms with van der Waals surface area (Å²) in [6, 6.07) is 19.1. The highest BCUT2D eigenvalue weighted by Gasteiger charge is 2.49. The number of rotatable bonds is 8. The fourth-order valence-electron chi connectivity index (χ4n) is 8.82. The van der Waals surface area contributed by atoms with Crippen LogP contribution >= 0.6 is 0 Å². The number of allylic oxidation sites excluding steroid dienone is 4. The SMILES string of the molecule is FC1=C(F)C(F)=C(N(c2ccc3c(c2)C(c2ccccc2)(c2ccccc2)c2cc(N(c4c(F)c(F)c(F)c(F)c4F)c4c(F)c(F)c(F)c(F)c4F)ccc2-3)c2c(F)c(F)c(F)c(F)c2F)C(F)C1. The lowest BCUT2D eigenvalue weighted by atomic mass is 9.67. The molecule has 70 heavy (non-hydrogen) atoms. The van der Waals surface area contributed by atoms with Crippen molar-refractivity contribution in [1.29, 1.82) is 0 Å². The molecule has 2 aliphatic carbocycles. The maximum Gasteiger partial charge on any atom is 0.200 e. The van der Waals surface area contributed by atoms with Crippen LogP contribution in [0.25, 0.3) is 11.1 Å². The summed E-state index contributed by atoms with van der Waals surface area (Å²) in [5.74, 6) is -48.2. The number of alkyl halides is 1. The maximum atomic E-state index is 16.0. The molecule has 1 unspecified atom stereocenters. The minimum Gasteiger partial charge on any atom is -0.303 e. The van der Waals surface area contributed by atoms with Crippen molar-refractivity contribution in [3.8, 4) is 11.1 Å². The summed E-state index contributed by atoms with van der Waals surface area (Å²) in [4.78, 5) is -0.709. The quantitative estimate of drug-likeness (QED) is 0.0850. The maximum absolute atomic E-state index is 16.0. The van der Waals surface area contributed by atoms with Crippen LogP contribution in [0.5, 0.6) is 0 Å². The first kappa shape index (κ1) is 47.4. The Kier molecular flexibility index (Phi) is 11.5. The van der Waals surface area contributed by atoms with Crippen LogP contribution in [0.3, 0.4) is 0 Å². The summed E-state index contributed by atoms with van der Waals surface area (Å²) in [6.45, 7) is 0. The normalized spacial score (nSPS) is 15.2. The minimum atomic E-state index is -3.11. The van der Waals surface area contributed by atoms with Gasteiger partial charge < -0.3 is 4.90 Å². The molecule has 2 nitrogen and oxygen atoms in total. The zero-order valence-corrected chi connectivity index (χ0v) is 34.1. The van der Waals surface area contributed by atoms with E-state index >= 15 is 48.3 Å². The molecule has 21 heteroatoms. The molecule has 0 spiro atoms. The third kappa shape index (κ3) is 6.67. The fraction of sp³-hybridized carbons (Fsp3) is 0.0612. The first-order valence-corrected chi connectivity index (χ1v) is 19.8. The van der Waals surface area contributed by atoms with E-state index in [2.05, 4.69) is 0 Å². The number of hydrogen-bond donors (Lipinski definition) is 0. The van der Waals surface area contributed by atoms with Crippen molar-refractivity contribution in [3.05, 3.63) is 230 Å². The van der Waals surface area contributed by atoms with Crippen molar-refractivity contribution in [1.82, 2.24) is 0 Å². The molecule has 358 valence electrons. The Labute approximate surface area is 380 Å². The van der Waals surface area contributed by atoms with Gasteiger partial charge in [0, 0.05) is 17.8 Å². The monoisotopic (exact) mass is 996 g/mol.